The molecule has 3 nitrogen and oxygen atoms in total. The Morgan fingerprint density at radius 1 is 1.41 bits per heavy atom. The Morgan fingerprint density at radius 2 is 2.12 bits per heavy atom. The summed E-state index contributed by atoms with van der Waals surface area (Å²) < 4.78 is 5.73. The molecule has 0 aromatic heterocycles. The van der Waals surface area contributed by atoms with Gasteiger partial charge in [0.05, 0.1) is 6.10 Å². The highest BCUT2D eigenvalue weighted by Crippen LogP contribution is 2.37. The Bertz CT molecular complexity index is 363. The van der Waals surface area contributed by atoms with Gasteiger partial charge in [-0.1, -0.05) is 12.1 Å². The molecule has 1 aromatic carbocycles. The summed E-state index contributed by atoms with van der Waals surface area (Å²) in [4.78, 5) is 0. The molecule has 0 aliphatic carbocycles. The summed E-state index contributed by atoms with van der Waals surface area (Å²) in [5.74, 6) is 0.326. The van der Waals surface area contributed by atoms with Crippen molar-refractivity contribution < 1.29 is 9.84 Å². The molecular weight excluding hydrogens is 214 g/mol. The minimum absolute atomic E-state index is 0.186. The maximum Gasteiger partial charge on any atom is 0.115 e. The van der Waals surface area contributed by atoms with Gasteiger partial charge in [-0.3, -0.25) is 0 Å². The molecule has 1 saturated heterocycles. The van der Waals surface area contributed by atoms with Gasteiger partial charge in [0, 0.05) is 18.6 Å². The monoisotopic (exact) mass is 235 g/mol. The lowest BCUT2D eigenvalue weighted by Gasteiger charge is -2.32. The normalized spacial score (nSPS) is 28.5. The standard InChI is InChI=1S/C14H21NO2/c1-11-14(10-15-2,7-8-17-11)9-12-3-5-13(16)6-4-12/h3-6,11,15-16H,7-10H2,1-2H3. The first-order chi connectivity index (χ1) is 8.16. The zero-order valence-electron chi connectivity index (χ0n) is 10.6. The smallest absolute Gasteiger partial charge is 0.115 e. The molecular formula is C14H21NO2. The topological polar surface area (TPSA) is 41.5 Å². The van der Waals surface area contributed by atoms with Crippen LogP contribution in [-0.2, 0) is 11.2 Å². The summed E-state index contributed by atoms with van der Waals surface area (Å²) in [6, 6.07) is 7.50. The van der Waals surface area contributed by atoms with Gasteiger partial charge >= 0.3 is 0 Å². The lowest BCUT2D eigenvalue weighted by atomic mass is 9.76. The van der Waals surface area contributed by atoms with Crippen molar-refractivity contribution in [2.75, 3.05) is 20.2 Å². The summed E-state index contributed by atoms with van der Waals surface area (Å²) in [6.07, 6.45) is 2.37. The molecule has 0 bridgehead atoms. The third-order valence-corrected chi connectivity index (χ3v) is 3.85. The molecule has 0 saturated carbocycles. The summed E-state index contributed by atoms with van der Waals surface area (Å²) in [5, 5.41) is 12.6. The van der Waals surface area contributed by atoms with Gasteiger partial charge in [0.15, 0.2) is 0 Å². The molecule has 1 aromatic rings. The zero-order chi connectivity index (χ0) is 12.3. The van der Waals surface area contributed by atoms with Gasteiger partial charge in [-0.05, 0) is 44.5 Å². The van der Waals surface area contributed by atoms with Crippen molar-refractivity contribution in [3.05, 3.63) is 29.8 Å². The number of aromatic hydroxyl groups is 1. The van der Waals surface area contributed by atoms with Crippen LogP contribution in [0.25, 0.3) is 0 Å². The van der Waals surface area contributed by atoms with E-state index in [2.05, 4.69) is 12.2 Å². The van der Waals surface area contributed by atoms with Crippen LogP contribution in [0.1, 0.15) is 18.9 Å². The summed E-state index contributed by atoms with van der Waals surface area (Å²) in [6.45, 7) is 3.97. The quantitative estimate of drug-likeness (QED) is 0.838. The van der Waals surface area contributed by atoms with Crippen molar-refractivity contribution >= 4 is 0 Å². The van der Waals surface area contributed by atoms with Crippen LogP contribution in [-0.4, -0.2) is 31.4 Å². The predicted molar refractivity (Wildman–Crippen MR) is 68.2 cm³/mol. The Labute approximate surface area is 103 Å². The molecule has 3 heteroatoms. The second-order valence-corrected chi connectivity index (χ2v) is 5.00. The van der Waals surface area contributed by atoms with Crippen LogP contribution >= 0.6 is 0 Å². The van der Waals surface area contributed by atoms with Crippen LogP contribution < -0.4 is 5.32 Å². The number of ether oxygens (including phenoxy) is 1. The van der Waals surface area contributed by atoms with Crippen LogP contribution in [0.2, 0.25) is 0 Å². The van der Waals surface area contributed by atoms with Gasteiger partial charge in [0.2, 0.25) is 0 Å². The molecule has 2 unspecified atom stereocenters. The number of benzene rings is 1. The van der Waals surface area contributed by atoms with E-state index in [0.29, 0.717) is 5.75 Å². The second kappa shape index (κ2) is 5.07. The summed E-state index contributed by atoms with van der Waals surface area (Å²) >= 11 is 0. The van der Waals surface area contributed by atoms with Crippen LogP contribution in [0.5, 0.6) is 5.75 Å². The van der Waals surface area contributed by atoms with Crippen molar-refractivity contribution in [1.82, 2.24) is 5.32 Å². The maximum atomic E-state index is 9.30. The molecule has 1 aliphatic heterocycles. The minimum atomic E-state index is 0.186. The van der Waals surface area contributed by atoms with Crippen molar-refractivity contribution in [2.45, 2.75) is 25.9 Å². The number of phenolic OH excluding ortho intramolecular Hbond substituents is 1. The molecule has 2 N–H and O–H groups in total. The zero-order valence-corrected chi connectivity index (χ0v) is 10.6. The third kappa shape index (κ3) is 2.61. The number of phenols is 1. The Hall–Kier alpha value is -1.06. The van der Waals surface area contributed by atoms with Gasteiger partial charge in [-0.2, -0.15) is 0 Å². The fraction of sp³-hybridized carbons (Fsp3) is 0.571. The van der Waals surface area contributed by atoms with Crippen LogP contribution in [0.15, 0.2) is 24.3 Å². The lowest BCUT2D eigenvalue weighted by Crippen LogP contribution is -2.40. The van der Waals surface area contributed by atoms with Crippen LogP contribution in [0.3, 0.4) is 0 Å². The van der Waals surface area contributed by atoms with Crippen molar-refractivity contribution in [2.24, 2.45) is 5.41 Å². The van der Waals surface area contributed by atoms with Gasteiger partial charge in [-0.25, -0.2) is 0 Å². The van der Waals surface area contributed by atoms with E-state index in [1.165, 1.54) is 5.56 Å². The first kappa shape index (κ1) is 12.4. The molecule has 0 spiro atoms. The van der Waals surface area contributed by atoms with E-state index in [1.54, 1.807) is 12.1 Å². The Balaban J connectivity index is 2.15. The lowest BCUT2D eigenvalue weighted by molar-refractivity contribution is 0.0640. The molecule has 1 fully saturated rings. The largest absolute Gasteiger partial charge is 0.508 e. The second-order valence-electron chi connectivity index (χ2n) is 5.00. The molecule has 2 atom stereocenters. The van der Waals surface area contributed by atoms with Crippen molar-refractivity contribution in [3.8, 4) is 5.75 Å². The molecule has 0 amide bonds. The fourth-order valence-electron chi connectivity index (χ4n) is 2.72. The van der Waals surface area contributed by atoms with E-state index >= 15 is 0 Å². The van der Waals surface area contributed by atoms with E-state index in [1.807, 2.05) is 19.2 Å². The average Bonchev–Trinajstić information content (AvgIpc) is 2.65. The molecule has 94 valence electrons. The molecule has 2 rings (SSSR count). The number of hydrogen-bond acceptors (Lipinski definition) is 3. The molecule has 1 heterocycles. The van der Waals surface area contributed by atoms with Gasteiger partial charge in [0.25, 0.3) is 0 Å². The summed E-state index contributed by atoms with van der Waals surface area (Å²) in [7, 11) is 1.99. The predicted octanol–water partition coefficient (Wildman–Crippen LogP) is 1.95. The first-order valence-corrected chi connectivity index (χ1v) is 6.20. The van der Waals surface area contributed by atoms with Gasteiger partial charge in [-0.15, -0.1) is 0 Å². The number of rotatable bonds is 4. The van der Waals surface area contributed by atoms with Gasteiger partial charge in [0.1, 0.15) is 5.75 Å². The molecule has 1 aliphatic rings. The number of nitrogens with one attached hydrogen (secondary N) is 1. The van der Waals surface area contributed by atoms with E-state index < -0.39 is 0 Å². The third-order valence-electron chi connectivity index (χ3n) is 3.85. The highest BCUT2D eigenvalue weighted by atomic mass is 16.5. The van der Waals surface area contributed by atoms with E-state index in [-0.39, 0.29) is 11.5 Å². The van der Waals surface area contributed by atoms with E-state index in [9.17, 15) is 5.11 Å². The Kier molecular flexibility index (Phi) is 3.69. The number of hydrogen-bond donors (Lipinski definition) is 2. The minimum Gasteiger partial charge on any atom is -0.508 e. The van der Waals surface area contributed by atoms with Crippen molar-refractivity contribution in [3.63, 3.8) is 0 Å². The van der Waals surface area contributed by atoms with Crippen LogP contribution in [0.4, 0.5) is 0 Å². The maximum absolute atomic E-state index is 9.30. The van der Waals surface area contributed by atoms with Gasteiger partial charge < -0.3 is 15.2 Å². The Morgan fingerprint density at radius 3 is 2.65 bits per heavy atom. The highest BCUT2D eigenvalue weighted by Gasteiger charge is 2.40. The summed E-state index contributed by atoms with van der Waals surface area (Å²) in [5.41, 5.74) is 1.45. The van der Waals surface area contributed by atoms with E-state index in [4.69, 9.17) is 4.74 Å². The van der Waals surface area contributed by atoms with Crippen LogP contribution in [0, 0.1) is 5.41 Å². The average molecular weight is 235 g/mol. The molecule has 17 heavy (non-hydrogen) atoms. The molecule has 0 radical (unpaired) electrons. The highest BCUT2D eigenvalue weighted by molar-refractivity contribution is 5.27. The first-order valence-electron chi connectivity index (χ1n) is 6.20. The van der Waals surface area contributed by atoms with E-state index in [0.717, 1.165) is 26.0 Å². The van der Waals surface area contributed by atoms with Crippen molar-refractivity contribution in [1.29, 1.82) is 0 Å². The SMILES string of the molecule is CNCC1(Cc2ccc(O)cc2)CCOC1C. The fourth-order valence-corrected chi connectivity index (χ4v) is 2.72.